The largest absolute Gasteiger partial charge is 0.477 e. The summed E-state index contributed by atoms with van der Waals surface area (Å²) in [6.45, 7) is 4.10. The van der Waals surface area contributed by atoms with Gasteiger partial charge in [0.2, 0.25) is 5.91 Å². The molecule has 4 rings (SSSR count). The Labute approximate surface area is 202 Å². The van der Waals surface area contributed by atoms with E-state index in [0.29, 0.717) is 11.6 Å². The molecule has 1 N–H and O–H groups in total. The number of carbonyl (C=O) groups excluding carboxylic acids is 1. The van der Waals surface area contributed by atoms with E-state index in [1.165, 1.54) is 11.3 Å². The van der Waals surface area contributed by atoms with Crippen molar-refractivity contribution in [1.29, 1.82) is 0 Å². The lowest BCUT2D eigenvalue weighted by Gasteiger charge is -2.39. The maximum Gasteiger partial charge on any atom is 0.348 e. The average molecular weight is 480 g/mol. The molecule has 2 heterocycles. The number of carbonyl (C=O) groups is 2. The molecular formula is C25H35ClN2O3S. The van der Waals surface area contributed by atoms with Gasteiger partial charge in [0.15, 0.2) is 0 Å². The van der Waals surface area contributed by atoms with Gasteiger partial charge in [-0.05, 0) is 76.2 Å². The number of hydrogen-bond donors (Lipinski definition) is 1. The van der Waals surface area contributed by atoms with Crippen LogP contribution in [0.25, 0.3) is 10.4 Å². The Morgan fingerprint density at radius 1 is 1.06 bits per heavy atom. The summed E-state index contributed by atoms with van der Waals surface area (Å²) in [5.41, 5.74) is 1.58. The zero-order chi connectivity index (χ0) is 22.0. The summed E-state index contributed by atoms with van der Waals surface area (Å²) in [5, 5.41) is 10.0. The minimum Gasteiger partial charge on any atom is -0.477 e. The van der Waals surface area contributed by atoms with E-state index in [2.05, 4.69) is 18.9 Å². The van der Waals surface area contributed by atoms with Crippen LogP contribution in [0.1, 0.15) is 56.5 Å². The van der Waals surface area contributed by atoms with E-state index in [1.54, 1.807) is 0 Å². The fraction of sp³-hybridized carbons (Fsp3) is 0.520. The topological polar surface area (TPSA) is 60.9 Å². The predicted molar refractivity (Wildman–Crippen MR) is 135 cm³/mol. The zero-order valence-corrected chi connectivity index (χ0v) is 20.5. The van der Waals surface area contributed by atoms with Gasteiger partial charge in [-0.1, -0.05) is 37.3 Å². The molecule has 7 heteroatoms. The first-order valence-electron chi connectivity index (χ1n) is 11.4. The van der Waals surface area contributed by atoms with E-state index in [4.69, 9.17) is 0 Å². The Kier molecular flexibility index (Phi) is 8.37. The van der Waals surface area contributed by atoms with Crippen molar-refractivity contribution in [3.8, 4) is 10.4 Å². The van der Waals surface area contributed by atoms with Crippen LogP contribution in [-0.2, 0) is 4.79 Å². The first kappa shape index (κ1) is 24.7. The molecule has 32 heavy (non-hydrogen) atoms. The lowest BCUT2D eigenvalue weighted by atomic mass is 9.82. The summed E-state index contributed by atoms with van der Waals surface area (Å²) in [6.07, 6.45) is 5.70. The maximum absolute atomic E-state index is 13.8. The number of hydrogen-bond acceptors (Lipinski definition) is 4. The van der Waals surface area contributed by atoms with Gasteiger partial charge in [0, 0.05) is 18.3 Å². The molecule has 2 aromatic rings. The van der Waals surface area contributed by atoms with Crippen molar-refractivity contribution in [1.82, 2.24) is 4.90 Å². The zero-order valence-electron chi connectivity index (χ0n) is 18.8. The van der Waals surface area contributed by atoms with Crippen molar-refractivity contribution < 1.29 is 16.1 Å². The fourth-order valence-electron chi connectivity index (χ4n) is 4.91. The smallest absolute Gasteiger partial charge is 0.348 e. The van der Waals surface area contributed by atoms with Crippen LogP contribution in [0, 0.1) is 11.8 Å². The van der Waals surface area contributed by atoms with Crippen molar-refractivity contribution in [3.63, 3.8) is 0 Å². The van der Waals surface area contributed by atoms with E-state index in [-0.39, 0.29) is 36.6 Å². The molecule has 0 bridgehead atoms. The minimum atomic E-state index is -0.954. The van der Waals surface area contributed by atoms with E-state index < -0.39 is 5.97 Å². The van der Waals surface area contributed by atoms with Crippen LogP contribution in [0.3, 0.4) is 0 Å². The van der Waals surface area contributed by atoms with Gasteiger partial charge in [0.25, 0.3) is 0 Å². The Hall–Kier alpha value is -1.89. The van der Waals surface area contributed by atoms with Crippen LogP contribution >= 0.6 is 23.7 Å². The van der Waals surface area contributed by atoms with Gasteiger partial charge < -0.3 is 14.9 Å². The van der Waals surface area contributed by atoms with Gasteiger partial charge in [-0.2, -0.15) is 0 Å². The summed E-state index contributed by atoms with van der Waals surface area (Å²) < 4.78 is 0. The summed E-state index contributed by atoms with van der Waals surface area (Å²) >= 11 is 1.27. The quantitative estimate of drug-likeness (QED) is 0.568. The number of carboxylic acids is 1. The number of likely N-dealkylation sites (tertiary alicyclic amines) is 1. The van der Waals surface area contributed by atoms with Gasteiger partial charge in [-0.25, -0.2) is 4.79 Å². The van der Waals surface area contributed by atoms with E-state index in [9.17, 15) is 14.7 Å². The number of halogens is 1. The molecule has 2 aliphatic rings. The second-order valence-corrected chi connectivity index (χ2v) is 10.2. The van der Waals surface area contributed by atoms with Crippen LogP contribution in [-0.4, -0.2) is 48.1 Å². The third-order valence-corrected chi connectivity index (χ3v) is 8.04. The molecule has 1 amide bonds. The van der Waals surface area contributed by atoms with Gasteiger partial charge in [0.05, 0.1) is 5.69 Å². The maximum atomic E-state index is 13.8. The number of carboxylic acid groups (broad SMARTS) is 1. The molecule has 1 aliphatic heterocycles. The summed E-state index contributed by atoms with van der Waals surface area (Å²) in [4.78, 5) is 31.4. The molecular weight excluding hydrogens is 444 g/mol. The Morgan fingerprint density at radius 2 is 1.69 bits per heavy atom. The Balaban J connectivity index is 0.00000193. The molecule has 1 aromatic heterocycles. The van der Waals surface area contributed by atoms with Crippen LogP contribution in [0.4, 0.5) is 5.69 Å². The second-order valence-electron chi connectivity index (χ2n) is 9.20. The van der Waals surface area contributed by atoms with Crippen molar-refractivity contribution in [3.05, 3.63) is 41.3 Å². The molecule has 0 atom stereocenters. The molecule has 0 radical (unpaired) electrons. The monoisotopic (exact) mass is 479 g/mol. The SMILES string of the molecule is CC1CCC(C(=O)N(c2cc(-c3ccccc3)sc2C(=O)O)C2CCN(C)CC2)CC1.Cl.[2HH]. The van der Waals surface area contributed by atoms with Gasteiger partial charge in [-0.15, -0.1) is 23.7 Å². The van der Waals surface area contributed by atoms with Gasteiger partial charge in [-0.3, -0.25) is 4.79 Å². The predicted octanol–water partition coefficient (Wildman–Crippen LogP) is 6.03. The van der Waals surface area contributed by atoms with E-state index in [0.717, 1.165) is 62.1 Å². The highest BCUT2D eigenvalue weighted by Crippen LogP contribution is 2.41. The molecule has 1 aromatic carbocycles. The number of rotatable bonds is 5. The number of aromatic carboxylic acids is 1. The number of nitrogens with zero attached hydrogens (tertiary/aromatic N) is 2. The lowest BCUT2D eigenvalue weighted by molar-refractivity contribution is -0.124. The molecule has 1 saturated heterocycles. The summed E-state index contributed by atoms with van der Waals surface area (Å²) in [7, 11) is 2.10. The molecule has 0 unspecified atom stereocenters. The number of benzene rings is 1. The normalized spacial score (nSPS) is 22.2. The number of piperidine rings is 1. The summed E-state index contributed by atoms with van der Waals surface area (Å²) in [6, 6.07) is 11.8. The van der Waals surface area contributed by atoms with Crippen LogP contribution < -0.4 is 4.90 Å². The van der Waals surface area contributed by atoms with Gasteiger partial charge >= 0.3 is 5.97 Å². The highest BCUT2D eigenvalue weighted by Gasteiger charge is 2.36. The first-order valence-corrected chi connectivity index (χ1v) is 12.2. The number of thiophene rings is 1. The average Bonchev–Trinajstić information content (AvgIpc) is 3.22. The molecule has 2 fully saturated rings. The Morgan fingerprint density at radius 3 is 2.28 bits per heavy atom. The molecule has 1 aliphatic carbocycles. The minimum absolute atomic E-state index is 0. The third-order valence-electron chi connectivity index (χ3n) is 6.88. The van der Waals surface area contributed by atoms with Crippen molar-refractivity contribution in [2.45, 2.75) is 51.5 Å². The second kappa shape index (κ2) is 10.8. The summed E-state index contributed by atoms with van der Waals surface area (Å²) in [5.74, 6) is -0.162. The van der Waals surface area contributed by atoms with Crippen LogP contribution in [0.5, 0.6) is 0 Å². The highest BCUT2D eigenvalue weighted by molar-refractivity contribution is 7.18. The molecule has 0 spiro atoms. The standard InChI is InChI=1S/C25H32N2O3S.ClH.H2/c1-17-8-10-19(11-9-17)24(28)27(20-12-14-26(2)15-13-20)21-16-22(31-23(21)25(29)30)18-6-4-3-5-7-18;;/h3-7,16-17,19-20H,8-15H2,1-2H3,(H,29,30);2*1H/i;;1+1. The number of amides is 1. The fourth-order valence-corrected chi connectivity index (χ4v) is 5.90. The molecule has 5 nitrogen and oxygen atoms in total. The Bertz CT molecular complexity index is 923. The third kappa shape index (κ3) is 5.36. The highest BCUT2D eigenvalue weighted by atomic mass is 35.5. The molecule has 176 valence electrons. The van der Waals surface area contributed by atoms with Crippen molar-refractivity contribution in [2.24, 2.45) is 11.8 Å². The van der Waals surface area contributed by atoms with Crippen LogP contribution in [0.15, 0.2) is 36.4 Å². The number of anilines is 1. The lowest BCUT2D eigenvalue weighted by Crippen LogP contribution is -2.49. The van der Waals surface area contributed by atoms with Gasteiger partial charge in [0.1, 0.15) is 4.88 Å². The van der Waals surface area contributed by atoms with Crippen molar-refractivity contribution >= 4 is 41.3 Å². The first-order chi connectivity index (χ1) is 14.9. The van der Waals surface area contributed by atoms with E-state index in [1.807, 2.05) is 41.3 Å². The van der Waals surface area contributed by atoms with Crippen molar-refractivity contribution in [2.75, 3.05) is 25.0 Å². The molecule has 1 saturated carbocycles. The van der Waals surface area contributed by atoms with E-state index >= 15 is 0 Å². The van der Waals surface area contributed by atoms with Crippen LogP contribution in [0.2, 0.25) is 0 Å².